The van der Waals surface area contributed by atoms with Gasteiger partial charge in [-0.3, -0.25) is 4.98 Å². The summed E-state index contributed by atoms with van der Waals surface area (Å²) in [5, 5.41) is 0.923. The number of benzene rings is 1. The molecule has 0 aliphatic rings. The van der Waals surface area contributed by atoms with Gasteiger partial charge in [0.2, 0.25) is 0 Å². The Morgan fingerprint density at radius 2 is 2.10 bits per heavy atom. The molecule has 2 heterocycles. The first-order valence-corrected chi connectivity index (χ1v) is 6.79. The summed E-state index contributed by atoms with van der Waals surface area (Å²) >= 11 is 0. The zero-order valence-corrected chi connectivity index (χ0v) is 11.7. The molecule has 0 aliphatic heterocycles. The Hall–Kier alpha value is -2.62. The second kappa shape index (κ2) is 5.79. The van der Waals surface area contributed by atoms with Crippen molar-refractivity contribution in [2.45, 2.75) is 13.3 Å². The molecule has 0 fully saturated rings. The molecule has 4 heteroatoms. The number of fused-ring (bicyclic) bond motifs is 1. The Morgan fingerprint density at radius 1 is 1.19 bits per heavy atom. The minimum Gasteiger partial charge on any atom is -0.493 e. The third-order valence-corrected chi connectivity index (χ3v) is 3.28. The maximum Gasteiger partial charge on any atom is 0.336 e. The molecule has 0 radical (unpaired) electrons. The van der Waals surface area contributed by atoms with Crippen molar-refractivity contribution in [3.05, 3.63) is 70.3 Å². The van der Waals surface area contributed by atoms with E-state index < -0.39 is 0 Å². The average molecular weight is 281 g/mol. The van der Waals surface area contributed by atoms with Crippen molar-refractivity contribution in [2.24, 2.45) is 0 Å². The molecule has 2 aromatic heterocycles. The normalized spacial score (nSPS) is 10.7. The largest absolute Gasteiger partial charge is 0.493 e. The Labute approximate surface area is 122 Å². The molecule has 21 heavy (non-hydrogen) atoms. The van der Waals surface area contributed by atoms with E-state index in [4.69, 9.17) is 9.15 Å². The van der Waals surface area contributed by atoms with E-state index in [-0.39, 0.29) is 5.63 Å². The van der Waals surface area contributed by atoms with Crippen molar-refractivity contribution in [1.29, 1.82) is 0 Å². The van der Waals surface area contributed by atoms with E-state index in [1.807, 2.05) is 37.3 Å². The second-order valence-electron chi connectivity index (χ2n) is 4.83. The van der Waals surface area contributed by atoms with Crippen LogP contribution in [0.1, 0.15) is 11.3 Å². The lowest BCUT2D eigenvalue weighted by Crippen LogP contribution is -2.03. The summed E-state index contributed by atoms with van der Waals surface area (Å²) in [7, 11) is 0. The van der Waals surface area contributed by atoms with Crippen molar-refractivity contribution in [1.82, 2.24) is 4.98 Å². The lowest BCUT2D eigenvalue weighted by atomic mass is 10.1. The molecule has 0 aliphatic carbocycles. The first kappa shape index (κ1) is 13.4. The predicted octanol–water partition coefficient (Wildman–Crippen LogP) is 3.12. The van der Waals surface area contributed by atoms with Crippen LogP contribution in [0.4, 0.5) is 0 Å². The third kappa shape index (κ3) is 3.11. The smallest absolute Gasteiger partial charge is 0.336 e. The molecular weight excluding hydrogens is 266 g/mol. The van der Waals surface area contributed by atoms with Crippen LogP contribution in [0.15, 0.2) is 57.9 Å². The zero-order chi connectivity index (χ0) is 14.7. The lowest BCUT2D eigenvalue weighted by Gasteiger charge is -2.07. The van der Waals surface area contributed by atoms with Crippen molar-refractivity contribution < 1.29 is 9.15 Å². The van der Waals surface area contributed by atoms with Gasteiger partial charge in [0.25, 0.3) is 0 Å². The standard InChI is InChI=1S/C17H15NO3/c1-12-10-17(19)21-16-11-14(5-6-15(12)16)20-9-7-13-4-2-3-8-18-13/h2-6,8,10-11H,7,9H2,1H3. The SMILES string of the molecule is Cc1cc(=O)oc2cc(OCCc3ccccn3)ccc12. The van der Waals surface area contributed by atoms with Gasteiger partial charge in [0.1, 0.15) is 11.3 Å². The van der Waals surface area contributed by atoms with E-state index in [1.54, 1.807) is 12.3 Å². The third-order valence-electron chi connectivity index (χ3n) is 3.28. The second-order valence-corrected chi connectivity index (χ2v) is 4.83. The fraction of sp³-hybridized carbons (Fsp3) is 0.176. The Kier molecular flexibility index (Phi) is 3.69. The average Bonchev–Trinajstić information content (AvgIpc) is 2.48. The van der Waals surface area contributed by atoms with Gasteiger partial charge >= 0.3 is 5.63 Å². The van der Waals surface area contributed by atoms with Gasteiger partial charge in [-0.25, -0.2) is 4.79 Å². The number of aromatic nitrogens is 1. The molecule has 4 nitrogen and oxygen atoms in total. The fourth-order valence-electron chi connectivity index (χ4n) is 2.21. The van der Waals surface area contributed by atoms with Gasteiger partial charge < -0.3 is 9.15 Å². The van der Waals surface area contributed by atoms with Gasteiger partial charge in [-0.1, -0.05) is 6.07 Å². The van der Waals surface area contributed by atoms with Gasteiger partial charge in [-0.05, 0) is 36.8 Å². The maximum atomic E-state index is 11.4. The monoisotopic (exact) mass is 281 g/mol. The summed E-state index contributed by atoms with van der Waals surface area (Å²) in [5.41, 5.74) is 2.10. The van der Waals surface area contributed by atoms with Gasteiger partial charge in [0, 0.05) is 35.8 Å². The highest BCUT2D eigenvalue weighted by Gasteiger charge is 2.04. The first-order chi connectivity index (χ1) is 10.2. The lowest BCUT2D eigenvalue weighted by molar-refractivity contribution is 0.320. The number of hydrogen-bond donors (Lipinski definition) is 0. The molecule has 106 valence electrons. The van der Waals surface area contributed by atoms with Gasteiger partial charge in [0.15, 0.2) is 0 Å². The quantitative estimate of drug-likeness (QED) is 0.689. The van der Waals surface area contributed by atoms with Crippen LogP contribution in [0.25, 0.3) is 11.0 Å². The molecular formula is C17H15NO3. The number of ether oxygens (including phenoxy) is 1. The number of pyridine rings is 1. The van der Waals surface area contributed by atoms with Crippen LogP contribution in [0.5, 0.6) is 5.75 Å². The van der Waals surface area contributed by atoms with Crippen LogP contribution in [0, 0.1) is 6.92 Å². The van der Waals surface area contributed by atoms with Crippen LogP contribution in [-0.2, 0) is 6.42 Å². The summed E-state index contributed by atoms with van der Waals surface area (Å²) in [6.45, 7) is 2.42. The number of rotatable bonds is 4. The molecule has 0 spiro atoms. The minimum atomic E-state index is -0.342. The highest BCUT2D eigenvalue weighted by atomic mass is 16.5. The summed E-state index contributed by atoms with van der Waals surface area (Å²) in [6.07, 6.45) is 2.50. The molecule has 0 unspecified atom stereocenters. The van der Waals surface area contributed by atoms with E-state index in [9.17, 15) is 4.79 Å². The number of hydrogen-bond acceptors (Lipinski definition) is 4. The van der Waals surface area contributed by atoms with Crippen LogP contribution in [-0.4, -0.2) is 11.6 Å². The van der Waals surface area contributed by atoms with Gasteiger partial charge in [0.05, 0.1) is 6.61 Å². The van der Waals surface area contributed by atoms with Gasteiger partial charge in [-0.15, -0.1) is 0 Å². The van der Waals surface area contributed by atoms with Crippen molar-refractivity contribution >= 4 is 11.0 Å². The molecule has 0 N–H and O–H groups in total. The number of nitrogens with zero attached hydrogens (tertiary/aromatic N) is 1. The van der Waals surface area contributed by atoms with E-state index in [2.05, 4.69) is 4.98 Å². The number of aryl methyl sites for hydroxylation is 1. The Morgan fingerprint density at radius 3 is 2.90 bits per heavy atom. The van der Waals surface area contributed by atoms with E-state index in [0.29, 0.717) is 17.9 Å². The Balaban J connectivity index is 1.74. The minimum absolute atomic E-state index is 0.342. The maximum absolute atomic E-state index is 11.4. The molecule has 0 amide bonds. The summed E-state index contributed by atoms with van der Waals surface area (Å²) in [4.78, 5) is 15.6. The van der Waals surface area contributed by atoms with E-state index in [1.165, 1.54) is 6.07 Å². The summed E-state index contributed by atoms with van der Waals surface area (Å²) in [5.74, 6) is 0.687. The van der Waals surface area contributed by atoms with Crippen molar-refractivity contribution in [2.75, 3.05) is 6.61 Å². The van der Waals surface area contributed by atoms with Crippen LogP contribution < -0.4 is 10.4 Å². The first-order valence-electron chi connectivity index (χ1n) is 6.79. The topological polar surface area (TPSA) is 52.3 Å². The van der Waals surface area contributed by atoms with E-state index in [0.717, 1.165) is 23.1 Å². The molecule has 0 bridgehead atoms. The highest BCUT2D eigenvalue weighted by Crippen LogP contribution is 2.22. The predicted molar refractivity (Wildman–Crippen MR) is 80.7 cm³/mol. The van der Waals surface area contributed by atoms with Crippen LogP contribution in [0.2, 0.25) is 0 Å². The van der Waals surface area contributed by atoms with Crippen molar-refractivity contribution in [3.8, 4) is 5.75 Å². The van der Waals surface area contributed by atoms with Gasteiger partial charge in [-0.2, -0.15) is 0 Å². The summed E-state index contributed by atoms with van der Waals surface area (Å²) in [6, 6.07) is 12.8. The van der Waals surface area contributed by atoms with Crippen molar-refractivity contribution in [3.63, 3.8) is 0 Å². The summed E-state index contributed by atoms with van der Waals surface area (Å²) < 4.78 is 10.9. The molecule has 0 atom stereocenters. The highest BCUT2D eigenvalue weighted by molar-refractivity contribution is 5.81. The fourth-order valence-corrected chi connectivity index (χ4v) is 2.21. The van der Waals surface area contributed by atoms with Crippen LogP contribution in [0.3, 0.4) is 0 Å². The zero-order valence-electron chi connectivity index (χ0n) is 11.7. The van der Waals surface area contributed by atoms with E-state index >= 15 is 0 Å². The molecule has 0 saturated heterocycles. The molecule has 3 rings (SSSR count). The Bertz CT molecular complexity index is 809. The molecule has 1 aromatic carbocycles. The molecule has 0 saturated carbocycles. The van der Waals surface area contributed by atoms with Crippen LogP contribution >= 0.6 is 0 Å². The molecule has 3 aromatic rings.